The summed E-state index contributed by atoms with van der Waals surface area (Å²) in [5, 5.41) is 0. The Labute approximate surface area is 129 Å². The second kappa shape index (κ2) is 6.30. The van der Waals surface area contributed by atoms with Crippen molar-refractivity contribution >= 4 is 22.8 Å². The van der Waals surface area contributed by atoms with E-state index < -0.39 is 0 Å². The van der Waals surface area contributed by atoms with E-state index in [1.807, 2.05) is 13.1 Å². The van der Waals surface area contributed by atoms with Crippen molar-refractivity contribution in [3.05, 3.63) is 23.7 Å². The van der Waals surface area contributed by atoms with Crippen LogP contribution in [0, 0.1) is 6.92 Å². The number of rotatable bonds is 4. The van der Waals surface area contributed by atoms with Gasteiger partial charge in [-0.2, -0.15) is 0 Å². The molecular weight excluding hydrogens is 288 g/mol. The van der Waals surface area contributed by atoms with E-state index in [2.05, 4.69) is 32.4 Å². The van der Waals surface area contributed by atoms with Crippen LogP contribution < -0.4 is 0 Å². The molecule has 2 aromatic heterocycles. The van der Waals surface area contributed by atoms with Crippen LogP contribution in [0.15, 0.2) is 12.3 Å². The van der Waals surface area contributed by atoms with E-state index >= 15 is 0 Å². The topological polar surface area (TPSA) is 43.2 Å². The summed E-state index contributed by atoms with van der Waals surface area (Å²) in [4.78, 5) is 11.5. The van der Waals surface area contributed by atoms with E-state index in [-0.39, 0.29) is 6.10 Å². The number of aromatic nitrogens is 3. The zero-order valence-corrected chi connectivity index (χ0v) is 13.3. The van der Waals surface area contributed by atoms with Crippen LogP contribution in [0.4, 0.5) is 0 Å². The number of ether oxygens (including phenoxy) is 1. The molecule has 0 saturated carbocycles. The maximum atomic E-state index is 6.05. The molecule has 1 aliphatic rings. The highest BCUT2D eigenvalue weighted by Crippen LogP contribution is 2.19. The Morgan fingerprint density at radius 1 is 1.48 bits per heavy atom. The van der Waals surface area contributed by atoms with E-state index in [1.165, 1.54) is 0 Å². The van der Waals surface area contributed by atoms with Gasteiger partial charge in [-0.3, -0.25) is 4.90 Å². The molecule has 0 aromatic carbocycles. The molecule has 0 spiro atoms. The van der Waals surface area contributed by atoms with Crippen molar-refractivity contribution in [3.8, 4) is 0 Å². The van der Waals surface area contributed by atoms with Crippen LogP contribution in [-0.2, 0) is 17.2 Å². The molecule has 1 aliphatic heterocycles. The molecule has 1 fully saturated rings. The van der Waals surface area contributed by atoms with Gasteiger partial charge in [0.25, 0.3) is 0 Å². The van der Waals surface area contributed by atoms with Crippen LogP contribution in [0.25, 0.3) is 11.2 Å². The van der Waals surface area contributed by atoms with Crippen molar-refractivity contribution in [1.82, 2.24) is 19.4 Å². The van der Waals surface area contributed by atoms with E-state index in [9.17, 15) is 0 Å². The number of fused-ring (bicyclic) bond motifs is 1. The lowest BCUT2D eigenvalue weighted by Gasteiger charge is -2.32. The minimum atomic E-state index is 0.168. The SMILES string of the molecule is CCN1CCOC(Cn2c(CCl)nc3cc(C)cnc32)C1. The van der Waals surface area contributed by atoms with Gasteiger partial charge < -0.3 is 9.30 Å². The number of pyridine rings is 1. The number of alkyl halides is 1. The molecule has 21 heavy (non-hydrogen) atoms. The highest BCUT2D eigenvalue weighted by atomic mass is 35.5. The van der Waals surface area contributed by atoms with E-state index in [0.29, 0.717) is 5.88 Å². The van der Waals surface area contributed by atoms with E-state index in [0.717, 1.165) is 55.3 Å². The molecule has 0 N–H and O–H groups in total. The number of imidazole rings is 1. The molecule has 1 atom stereocenters. The largest absolute Gasteiger partial charge is 0.374 e. The maximum absolute atomic E-state index is 6.05. The summed E-state index contributed by atoms with van der Waals surface area (Å²) in [5.41, 5.74) is 2.92. The molecule has 114 valence electrons. The number of morpholine rings is 1. The standard InChI is InChI=1S/C15H21ClN4O/c1-3-19-4-5-21-12(9-19)10-20-14(7-16)18-13-6-11(2)8-17-15(13)20/h6,8,12H,3-5,7,9-10H2,1-2H3. The van der Waals surface area contributed by atoms with Crippen LogP contribution in [-0.4, -0.2) is 51.8 Å². The molecule has 1 unspecified atom stereocenters. The van der Waals surface area contributed by atoms with Gasteiger partial charge in [0.2, 0.25) is 0 Å². The summed E-state index contributed by atoms with van der Waals surface area (Å²) in [6.07, 6.45) is 2.04. The van der Waals surface area contributed by atoms with Gasteiger partial charge in [-0.05, 0) is 25.1 Å². The average Bonchev–Trinajstić information content (AvgIpc) is 2.84. The Kier molecular flexibility index (Phi) is 4.42. The number of likely N-dealkylation sites (N-methyl/N-ethyl adjacent to an activating group) is 1. The van der Waals surface area contributed by atoms with Crippen LogP contribution in [0.2, 0.25) is 0 Å². The summed E-state index contributed by atoms with van der Waals surface area (Å²) in [5.74, 6) is 1.25. The van der Waals surface area contributed by atoms with Crippen LogP contribution in [0.1, 0.15) is 18.3 Å². The van der Waals surface area contributed by atoms with Gasteiger partial charge >= 0.3 is 0 Å². The second-order valence-electron chi connectivity index (χ2n) is 5.51. The Hall–Kier alpha value is -1.17. The molecule has 1 saturated heterocycles. The smallest absolute Gasteiger partial charge is 0.160 e. The first-order valence-electron chi connectivity index (χ1n) is 7.43. The van der Waals surface area contributed by atoms with Crippen molar-refractivity contribution in [2.75, 3.05) is 26.2 Å². The summed E-state index contributed by atoms with van der Waals surface area (Å²) < 4.78 is 8.00. The average molecular weight is 309 g/mol. The van der Waals surface area contributed by atoms with Crippen LogP contribution in [0.5, 0.6) is 0 Å². The van der Waals surface area contributed by atoms with Crippen LogP contribution in [0.3, 0.4) is 0 Å². The number of hydrogen-bond acceptors (Lipinski definition) is 4. The summed E-state index contributed by atoms with van der Waals surface area (Å²) in [6, 6.07) is 2.05. The molecule has 5 nitrogen and oxygen atoms in total. The number of aryl methyl sites for hydroxylation is 1. The minimum absolute atomic E-state index is 0.168. The Morgan fingerprint density at radius 2 is 2.33 bits per heavy atom. The van der Waals surface area contributed by atoms with Gasteiger partial charge in [-0.15, -0.1) is 11.6 Å². The zero-order chi connectivity index (χ0) is 14.8. The fourth-order valence-corrected chi connectivity index (χ4v) is 3.04. The van der Waals surface area contributed by atoms with Gasteiger partial charge in [-0.25, -0.2) is 9.97 Å². The molecule has 0 radical (unpaired) electrons. The monoisotopic (exact) mass is 308 g/mol. The Bertz CT molecular complexity index is 627. The van der Waals surface area contributed by atoms with Crippen molar-refractivity contribution in [3.63, 3.8) is 0 Å². The molecular formula is C15H21ClN4O. The minimum Gasteiger partial charge on any atom is -0.374 e. The quantitative estimate of drug-likeness (QED) is 0.812. The highest BCUT2D eigenvalue weighted by Gasteiger charge is 2.22. The highest BCUT2D eigenvalue weighted by molar-refractivity contribution is 6.16. The molecule has 3 heterocycles. The molecule has 0 aliphatic carbocycles. The fraction of sp³-hybridized carbons (Fsp3) is 0.600. The van der Waals surface area contributed by atoms with E-state index in [4.69, 9.17) is 16.3 Å². The Balaban J connectivity index is 1.88. The lowest BCUT2D eigenvalue weighted by Crippen LogP contribution is -2.44. The third-order valence-electron chi connectivity index (χ3n) is 3.98. The van der Waals surface area contributed by atoms with Crippen molar-refractivity contribution < 1.29 is 4.74 Å². The van der Waals surface area contributed by atoms with Crippen LogP contribution >= 0.6 is 11.6 Å². The zero-order valence-electron chi connectivity index (χ0n) is 12.5. The summed E-state index contributed by atoms with van der Waals surface area (Å²) in [7, 11) is 0. The number of hydrogen-bond donors (Lipinski definition) is 0. The fourth-order valence-electron chi connectivity index (χ4n) is 2.83. The van der Waals surface area contributed by atoms with Gasteiger partial charge in [0.05, 0.1) is 25.1 Å². The van der Waals surface area contributed by atoms with Crippen molar-refractivity contribution in [1.29, 1.82) is 0 Å². The predicted molar refractivity (Wildman–Crippen MR) is 83.7 cm³/mol. The first-order valence-corrected chi connectivity index (χ1v) is 7.96. The van der Waals surface area contributed by atoms with Gasteiger partial charge in [0, 0.05) is 19.3 Å². The Morgan fingerprint density at radius 3 is 3.10 bits per heavy atom. The van der Waals surface area contributed by atoms with Crippen molar-refractivity contribution in [2.24, 2.45) is 0 Å². The lowest BCUT2D eigenvalue weighted by molar-refractivity contribution is -0.0341. The molecule has 3 rings (SSSR count). The van der Waals surface area contributed by atoms with Gasteiger partial charge in [-0.1, -0.05) is 6.92 Å². The molecule has 0 bridgehead atoms. The molecule has 0 amide bonds. The maximum Gasteiger partial charge on any atom is 0.160 e. The third-order valence-corrected chi connectivity index (χ3v) is 4.22. The third kappa shape index (κ3) is 3.05. The normalized spacial score (nSPS) is 20.2. The first kappa shape index (κ1) is 14.8. The predicted octanol–water partition coefficient (Wildman–Crippen LogP) is 2.20. The summed E-state index contributed by atoms with van der Waals surface area (Å²) in [6.45, 7) is 8.77. The first-order chi connectivity index (χ1) is 10.2. The summed E-state index contributed by atoms with van der Waals surface area (Å²) >= 11 is 6.05. The number of halogens is 1. The van der Waals surface area contributed by atoms with Crippen molar-refractivity contribution in [2.45, 2.75) is 32.4 Å². The lowest BCUT2D eigenvalue weighted by atomic mass is 10.2. The van der Waals surface area contributed by atoms with E-state index in [1.54, 1.807) is 0 Å². The number of nitrogens with zero attached hydrogens (tertiary/aromatic N) is 4. The molecule has 2 aromatic rings. The molecule has 6 heteroatoms. The second-order valence-corrected chi connectivity index (χ2v) is 5.78. The van der Waals surface area contributed by atoms with Gasteiger partial charge in [0.15, 0.2) is 5.65 Å². The van der Waals surface area contributed by atoms with Gasteiger partial charge in [0.1, 0.15) is 11.3 Å².